The van der Waals surface area contributed by atoms with Crippen molar-refractivity contribution < 1.29 is 36.9 Å². The molecule has 41 heavy (non-hydrogen) atoms. The molecule has 1 amide bonds. The normalized spacial score (nSPS) is 25.5. The van der Waals surface area contributed by atoms with E-state index in [-0.39, 0.29) is 46.5 Å². The molecule has 0 aromatic heterocycles. The zero-order chi connectivity index (χ0) is 28.9. The number of hydrogen-bond donors (Lipinski definition) is 1. The molecule has 4 aliphatic rings. The molecule has 222 valence electrons. The Kier molecular flexibility index (Phi) is 7.95. The van der Waals surface area contributed by atoms with Gasteiger partial charge in [0.1, 0.15) is 17.7 Å². The summed E-state index contributed by atoms with van der Waals surface area (Å²) in [7, 11) is 0. The second-order valence-corrected chi connectivity index (χ2v) is 12.1. The van der Waals surface area contributed by atoms with E-state index in [1.54, 1.807) is 11.0 Å². The minimum Gasteiger partial charge on any atom is -0.493 e. The first-order valence-corrected chi connectivity index (χ1v) is 14.6. The van der Waals surface area contributed by atoms with E-state index < -0.39 is 30.0 Å². The third-order valence-electron chi connectivity index (χ3n) is 8.74. The molecule has 1 aliphatic carbocycles. The predicted octanol–water partition coefficient (Wildman–Crippen LogP) is 5.99. The Morgan fingerprint density at radius 3 is 2.46 bits per heavy atom. The predicted molar refractivity (Wildman–Crippen MR) is 143 cm³/mol. The first kappa shape index (κ1) is 28.7. The number of rotatable bonds is 8. The number of aliphatic hydroxyl groups excluding tert-OH is 1. The van der Waals surface area contributed by atoms with Crippen LogP contribution in [0.4, 0.5) is 17.6 Å². The van der Waals surface area contributed by atoms with Crippen molar-refractivity contribution in [2.45, 2.75) is 75.6 Å². The SMILES string of the molecule is O=C(c1cc(C2CC2)c(OCC2CCN(Cc3cc(Cl)ccc3C(F)(F)F)CC2)cc1F)N1CCC[C@H]1C1OC1O. The van der Waals surface area contributed by atoms with Crippen molar-refractivity contribution >= 4 is 17.5 Å². The summed E-state index contributed by atoms with van der Waals surface area (Å²) in [6.45, 7) is 2.27. The molecule has 6 nitrogen and oxygen atoms in total. The lowest BCUT2D eigenvalue weighted by Crippen LogP contribution is -2.39. The van der Waals surface area contributed by atoms with Crippen LogP contribution in [-0.2, 0) is 17.5 Å². The number of amides is 1. The Morgan fingerprint density at radius 2 is 1.80 bits per heavy atom. The van der Waals surface area contributed by atoms with Crippen molar-refractivity contribution in [1.29, 1.82) is 0 Å². The molecule has 0 bridgehead atoms. The Morgan fingerprint density at radius 1 is 1.07 bits per heavy atom. The van der Waals surface area contributed by atoms with Crippen LogP contribution in [0, 0.1) is 11.7 Å². The lowest BCUT2D eigenvalue weighted by Gasteiger charge is -2.32. The molecule has 3 saturated heterocycles. The summed E-state index contributed by atoms with van der Waals surface area (Å²) >= 11 is 5.98. The summed E-state index contributed by atoms with van der Waals surface area (Å²) in [4.78, 5) is 16.9. The van der Waals surface area contributed by atoms with E-state index in [4.69, 9.17) is 21.1 Å². The van der Waals surface area contributed by atoms with Gasteiger partial charge in [-0.05, 0) is 98.8 Å². The summed E-state index contributed by atoms with van der Waals surface area (Å²) in [5.74, 6) is -0.158. The number of ether oxygens (including phenoxy) is 2. The lowest BCUT2D eigenvalue weighted by atomic mass is 9.96. The quantitative estimate of drug-likeness (QED) is 0.300. The summed E-state index contributed by atoms with van der Waals surface area (Å²) in [5.41, 5.74) is 0.364. The van der Waals surface area contributed by atoms with Crippen LogP contribution in [-0.4, -0.2) is 65.5 Å². The van der Waals surface area contributed by atoms with Gasteiger partial charge >= 0.3 is 6.18 Å². The monoisotopic (exact) mass is 596 g/mol. The first-order chi connectivity index (χ1) is 19.6. The van der Waals surface area contributed by atoms with Gasteiger partial charge < -0.3 is 19.5 Å². The zero-order valence-corrected chi connectivity index (χ0v) is 23.3. The zero-order valence-electron chi connectivity index (χ0n) is 22.5. The van der Waals surface area contributed by atoms with Crippen molar-refractivity contribution in [2.24, 2.45) is 5.92 Å². The number of hydrogen-bond acceptors (Lipinski definition) is 5. The van der Waals surface area contributed by atoms with E-state index in [1.165, 1.54) is 18.2 Å². The number of likely N-dealkylation sites (tertiary alicyclic amines) is 2. The van der Waals surface area contributed by atoms with Crippen molar-refractivity contribution in [1.82, 2.24) is 9.80 Å². The van der Waals surface area contributed by atoms with Crippen LogP contribution in [0.3, 0.4) is 0 Å². The second kappa shape index (κ2) is 11.4. The van der Waals surface area contributed by atoms with Gasteiger partial charge in [0.05, 0.1) is 23.8 Å². The molecular weight excluding hydrogens is 564 g/mol. The molecule has 4 fully saturated rings. The average Bonchev–Trinajstić information content (AvgIpc) is 3.85. The fourth-order valence-electron chi connectivity index (χ4n) is 6.24. The summed E-state index contributed by atoms with van der Waals surface area (Å²) in [5, 5.41) is 9.95. The minimum absolute atomic E-state index is 0.0221. The van der Waals surface area contributed by atoms with Gasteiger partial charge in [0.2, 0.25) is 0 Å². The Bertz CT molecular complexity index is 1300. The number of carbonyl (C=O) groups excluding carboxylic acids is 1. The Balaban J connectivity index is 1.08. The molecule has 0 spiro atoms. The minimum atomic E-state index is -4.44. The number of alkyl halides is 3. The molecule has 3 atom stereocenters. The lowest BCUT2D eigenvalue weighted by molar-refractivity contribution is -0.138. The van der Waals surface area contributed by atoms with Gasteiger partial charge in [0, 0.05) is 24.2 Å². The number of epoxide rings is 1. The number of piperidine rings is 1. The number of carbonyl (C=O) groups is 1. The smallest absolute Gasteiger partial charge is 0.416 e. The maximum absolute atomic E-state index is 15.3. The number of benzene rings is 2. The summed E-state index contributed by atoms with van der Waals surface area (Å²) < 4.78 is 67.0. The van der Waals surface area contributed by atoms with Crippen molar-refractivity contribution in [3.05, 3.63) is 63.4 Å². The molecule has 3 aliphatic heterocycles. The molecule has 1 N–H and O–H groups in total. The number of halogens is 5. The van der Waals surface area contributed by atoms with Crippen LogP contribution in [0.5, 0.6) is 5.75 Å². The highest BCUT2D eigenvalue weighted by Crippen LogP contribution is 2.46. The topological polar surface area (TPSA) is 65.5 Å². The van der Waals surface area contributed by atoms with Crippen molar-refractivity contribution in [2.75, 3.05) is 26.2 Å². The molecule has 6 rings (SSSR count). The van der Waals surface area contributed by atoms with E-state index in [9.17, 15) is 23.1 Å². The molecule has 3 heterocycles. The molecule has 2 aromatic carbocycles. The van der Waals surface area contributed by atoms with Crippen molar-refractivity contribution in [3.63, 3.8) is 0 Å². The van der Waals surface area contributed by atoms with Gasteiger partial charge in [-0.2, -0.15) is 13.2 Å². The molecular formula is C30H33ClF4N2O4. The van der Waals surface area contributed by atoms with Crippen molar-refractivity contribution in [3.8, 4) is 5.75 Å². The molecule has 11 heteroatoms. The standard InChI is InChI=1S/C30H33ClF4N2O4/c31-20-5-6-23(30(33,34)35)19(12-20)15-36-10-7-17(8-11-36)16-40-26-14-24(32)22(13-21(26)18-3-4-18)28(38)37-9-1-2-25(37)27-29(39)41-27/h5-6,12-14,17-18,25,27,29,39H,1-4,7-11,15-16H2/t25-,27?,29?/m0/s1. The maximum atomic E-state index is 15.3. The Hall–Kier alpha value is -2.40. The number of nitrogens with zero attached hydrogens (tertiary/aromatic N) is 2. The molecule has 0 radical (unpaired) electrons. The van der Waals surface area contributed by atoms with Gasteiger partial charge in [-0.25, -0.2) is 4.39 Å². The molecule has 2 unspecified atom stereocenters. The summed E-state index contributed by atoms with van der Waals surface area (Å²) in [6.07, 6.45) is -0.828. The third kappa shape index (κ3) is 6.35. The fraction of sp³-hybridized carbons (Fsp3) is 0.567. The second-order valence-electron chi connectivity index (χ2n) is 11.7. The van der Waals surface area contributed by atoms with Crippen LogP contribution in [0.2, 0.25) is 5.02 Å². The van der Waals surface area contributed by atoms with E-state index in [2.05, 4.69) is 0 Å². The van der Waals surface area contributed by atoms with E-state index in [1.807, 2.05) is 4.90 Å². The van der Waals surface area contributed by atoms with Crippen LogP contribution in [0.1, 0.15) is 71.5 Å². The maximum Gasteiger partial charge on any atom is 0.416 e. The molecule has 1 saturated carbocycles. The van der Waals surface area contributed by atoms with Crippen LogP contribution < -0.4 is 4.74 Å². The average molecular weight is 597 g/mol. The third-order valence-corrected chi connectivity index (χ3v) is 8.97. The highest BCUT2D eigenvalue weighted by atomic mass is 35.5. The van der Waals surface area contributed by atoms with E-state index in [0.29, 0.717) is 38.4 Å². The van der Waals surface area contributed by atoms with E-state index in [0.717, 1.165) is 43.7 Å². The van der Waals surface area contributed by atoms with E-state index >= 15 is 4.39 Å². The van der Waals surface area contributed by atoms with Crippen LogP contribution >= 0.6 is 11.6 Å². The van der Waals surface area contributed by atoms with Gasteiger partial charge in [-0.1, -0.05) is 11.6 Å². The number of aliphatic hydroxyl groups is 1. The highest BCUT2D eigenvalue weighted by Gasteiger charge is 2.49. The fourth-order valence-corrected chi connectivity index (χ4v) is 6.44. The van der Waals surface area contributed by atoms with Crippen LogP contribution in [0.25, 0.3) is 0 Å². The summed E-state index contributed by atoms with van der Waals surface area (Å²) in [6, 6.07) is 6.38. The first-order valence-electron chi connectivity index (χ1n) is 14.3. The van der Waals surface area contributed by atoms with Gasteiger partial charge in [0.25, 0.3) is 5.91 Å². The van der Waals surface area contributed by atoms with Gasteiger partial charge in [0.15, 0.2) is 6.29 Å². The Labute approximate surface area is 241 Å². The highest BCUT2D eigenvalue weighted by molar-refractivity contribution is 6.30. The largest absolute Gasteiger partial charge is 0.493 e. The van der Waals surface area contributed by atoms with Gasteiger partial charge in [-0.3, -0.25) is 9.69 Å². The van der Waals surface area contributed by atoms with Crippen LogP contribution in [0.15, 0.2) is 30.3 Å². The molecule has 2 aromatic rings. The van der Waals surface area contributed by atoms with Gasteiger partial charge in [-0.15, -0.1) is 0 Å².